The third kappa shape index (κ3) is 5.24. The van der Waals surface area contributed by atoms with Gasteiger partial charge < -0.3 is 14.7 Å². The van der Waals surface area contributed by atoms with Crippen molar-refractivity contribution in [2.24, 2.45) is 0 Å². The molecule has 0 spiro atoms. The van der Waals surface area contributed by atoms with Crippen molar-refractivity contribution in [2.75, 3.05) is 40.9 Å². The van der Waals surface area contributed by atoms with Crippen molar-refractivity contribution in [2.45, 2.75) is 6.54 Å². The molecule has 0 N–H and O–H groups in total. The van der Waals surface area contributed by atoms with Gasteiger partial charge in [0.1, 0.15) is 11.6 Å². The number of carbonyl (C=O) groups is 1. The Labute approximate surface area is 202 Å². The van der Waals surface area contributed by atoms with Gasteiger partial charge in [-0.2, -0.15) is 0 Å². The zero-order valence-electron chi connectivity index (χ0n) is 19.0. The van der Waals surface area contributed by atoms with E-state index >= 15 is 0 Å². The van der Waals surface area contributed by atoms with Gasteiger partial charge >= 0.3 is 0 Å². The Balaban J connectivity index is 1.29. The first-order valence-corrected chi connectivity index (χ1v) is 11.4. The van der Waals surface area contributed by atoms with Gasteiger partial charge in [-0.05, 0) is 54.1 Å². The highest BCUT2D eigenvalue weighted by Gasteiger charge is 2.21. The number of amides is 1. The van der Waals surface area contributed by atoms with Crippen LogP contribution < -0.4 is 14.7 Å². The topological polar surface area (TPSA) is 78.4 Å². The predicted octanol–water partition coefficient (Wildman–Crippen LogP) is 3.58. The van der Waals surface area contributed by atoms with Crippen LogP contribution in [-0.2, 0) is 6.54 Å². The van der Waals surface area contributed by atoms with Crippen LogP contribution in [0.2, 0.25) is 0 Å². The minimum atomic E-state index is -0.354. The van der Waals surface area contributed by atoms with Crippen molar-refractivity contribution in [3.63, 3.8) is 0 Å². The van der Waals surface area contributed by atoms with Crippen LogP contribution in [0.1, 0.15) is 15.9 Å². The molecule has 1 aliphatic heterocycles. The van der Waals surface area contributed by atoms with Gasteiger partial charge in [-0.1, -0.05) is 6.07 Å². The normalized spacial score (nSPS) is 13.5. The first-order valence-electron chi connectivity index (χ1n) is 11.4. The summed E-state index contributed by atoms with van der Waals surface area (Å²) in [6, 6.07) is 15.1. The maximum Gasteiger partial charge on any atom is 0.260 e. The van der Waals surface area contributed by atoms with E-state index in [9.17, 15) is 9.18 Å². The fourth-order valence-electron chi connectivity index (χ4n) is 4.02. The summed E-state index contributed by atoms with van der Waals surface area (Å²) in [5, 5.41) is 0. The van der Waals surface area contributed by atoms with Crippen LogP contribution in [0.3, 0.4) is 0 Å². The molecule has 5 rings (SSSR count). The average molecular weight is 470 g/mol. The molecule has 35 heavy (non-hydrogen) atoms. The molecule has 8 nitrogen and oxygen atoms in total. The molecule has 1 saturated heterocycles. The van der Waals surface area contributed by atoms with E-state index in [4.69, 9.17) is 0 Å². The van der Waals surface area contributed by atoms with Gasteiger partial charge in [0, 0.05) is 62.9 Å². The Hall–Kier alpha value is -4.40. The molecule has 4 aromatic rings. The highest BCUT2D eigenvalue weighted by molar-refractivity contribution is 6.05. The Bertz CT molecular complexity index is 1250. The van der Waals surface area contributed by atoms with Gasteiger partial charge in [0.05, 0.1) is 12.1 Å². The second kappa shape index (κ2) is 10.3. The summed E-state index contributed by atoms with van der Waals surface area (Å²) < 4.78 is 13.5. The lowest BCUT2D eigenvalue weighted by atomic mass is 10.1. The molecule has 4 heterocycles. The fourth-order valence-corrected chi connectivity index (χ4v) is 4.02. The second-order valence-electron chi connectivity index (χ2n) is 8.16. The highest BCUT2D eigenvalue weighted by atomic mass is 19.1. The summed E-state index contributed by atoms with van der Waals surface area (Å²) >= 11 is 0. The average Bonchev–Trinajstić information content (AvgIpc) is 2.93. The van der Waals surface area contributed by atoms with E-state index in [0.717, 1.165) is 43.5 Å². The summed E-state index contributed by atoms with van der Waals surface area (Å²) in [4.78, 5) is 36.6. The highest BCUT2D eigenvalue weighted by Crippen LogP contribution is 2.22. The quantitative estimate of drug-likeness (QED) is 0.427. The molecule has 0 saturated carbocycles. The Morgan fingerprint density at radius 2 is 1.57 bits per heavy atom. The van der Waals surface area contributed by atoms with Crippen LogP contribution in [-0.4, -0.2) is 52.0 Å². The van der Waals surface area contributed by atoms with E-state index in [1.807, 2.05) is 18.2 Å². The van der Waals surface area contributed by atoms with Gasteiger partial charge in [-0.3, -0.25) is 9.78 Å². The molecule has 1 fully saturated rings. The van der Waals surface area contributed by atoms with Gasteiger partial charge in [-0.15, -0.1) is 0 Å². The first kappa shape index (κ1) is 22.4. The molecule has 176 valence electrons. The molecular formula is C26H24FN7O. The molecule has 0 unspecified atom stereocenters. The van der Waals surface area contributed by atoms with Crippen LogP contribution >= 0.6 is 0 Å². The molecule has 0 aliphatic carbocycles. The molecule has 1 amide bonds. The monoisotopic (exact) mass is 469 g/mol. The Morgan fingerprint density at radius 1 is 0.829 bits per heavy atom. The first-order chi connectivity index (χ1) is 17.2. The third-order valence-corrected chi connectivity index (χ3v) is 5.88. The second-order valence-corrected chi connectivity index (χ2v) is 8.16. The van der Waals surface area contributed by atoms with Crippen LogP contribution in [0.25, 0.3) is 0 Å². The van der Waals surface area contributed by atoms with Crippen molar-refractivity contribution in [1.29, 1.82) is 0 Å². The SMILES string of the molecule is O=C(c1cccnc1)N(Cc1ccc(N2CCN(c3ncccn3)CC2)nc1)c1ccc(F)cc1. The number of benzene rings is 1. The van der Waals surface area contributed by atoms with Crippen molar-refractivity contribution in [3.05, 3.63) is 103 Å². The number of hydrogen-bond acceptors (Lipinski definition) is 7. The number of hydrogen-bond donors (Lipinski definition) is 0. The molecule has 1 aromatic carbocycles. The number of aromatic nitrogens is 4. The van der Waals surface area contributed by atoms with Gasteiger partial charge in [0.2, 0.25) is 5.95 Å². The van der Waals surface area contributed by atoms with E-state index in [-0.39, 0.29) is 11.7 Å². The van der Waals surface area contributed by atoms with Crippen LogP contribution in [0, 0.1) is 5.82 Å². The van der Waals surface area contributed by atoms with E-state index in [0.29, 0.717) is 17.8 Å². The van der Waals surface area contributed by atoms with Gasteiger partial charge in [0.15, 0.2) is 0 Å². The van der Waals surface area contributed by atoms with Gasteiger partial charge in [0.25, 0.3) is 5.91 Å². The van der Waals surface area contributed by atoms with E-state index in [2.05, 4.69) is 29.7 Å². The van der Waals surface area contributed by atoms with E-state index in [1.165, 1.54) is 18.3 Å². The summed E-state index contributed by atoms with van der Waals surface area (Å²) in [7, 11) is 0. The minimum Gasteiger partial charge on any atom is -0.353 e. The number of piperazine rings is 1. The van der Waals surface area contributed by atoms with E-state index < -0.39 is 0 Å². The predicted molar refractivity (Wildman–Crippen MR) is 132 cm³/mol. The van der Waals surface area contributed by atoms with Gasteiger partial charge in [-0.25, -0.2) is 19.3 Å². The molecule has 9 heteroatoms. The number of halogens is 1. The number of rotatable bonds is 6. The van der Waals surface area contributed by atoms with Crippen molar-refractivity contribution in [3.8, 4) is 0 Å². The summed E-state index contributed by atoms with van der Waals surface area (Å²) in [6.07, 6.45) is 8.44. The molecule has 3 aromatic heterocycles. The zero-order chi connectivity index (χ0) is 24.0. The van der Waals surface area contributed by atoms with Crippen molar-refractivity contribution in [1.82, 2.24) is 19.9 Å². The number of pyridine rings is 2. The van der Waals surface area contributed by atoms with Crippen LogP contribution in [0.15, 0.2) is 85.6 Å². The lowest BCUT2D eigenvalue weighted by Gasteiger charge is -2.35. The molecule has 1 aliphatic rings. The number of carbonyl (C=O) groups excluding carboxylic acids is 1. The van der Waals surface area contributed by atoms with Crippen molar-refractivity contribution >= 4 is 23.4 Å². The van der Waals surface area contributed by atoms with Crippen molar-refractivity contribution < 1.29 is 9.18 Å². The summed E-state index contributed by atoms with van der Waals surface area (Å²) in [6.45, 7) is 3.54. The van der Waals surface area contributed by atoms with Crippen LogP contribution in [0.5, 0.6) is 0 Å². The zero-order valence-corrected chi connectivity index (χ0v) is 19.0. The standard InChI is InChI=1S/C26H24FN7O/c27-22-5-7-23(8-6-22)34(25(35)21-3-1-10-28-18-21)19-20-4-9-24(31-17-20)32-13-15-33(16-14-32)26-29-11-2-12-30-26/h1-12,17-18H,13-16,19H2. The molecule has 0 bridgehead atoms. The number of anilines is 3. The lowest BCUT2D eigenvalue weighted by molar-refractivity contribution is 0.0984. The Morgan fingerprint density at radius 3 is 2.23 bits per heavy atom. The Kier molecular flexibility index (Phi) is 6.56. The van der Waals surface area contributed by atoms with Crippen LogP contribution in [0.4, 0.5) is 21.8 Å². The lowest BCUT2D eigenvalue weighted by Crippen LogP contribution is -2.47. The minimum absolute atomic E-state index is 0.215. The smallest absolute Gasteiger partial charge is 0.260 e. The maximum atomic E-state index is 13.5. The summed E-state index contributed by atoms with van der Waals surface area (Å²) in [5.41, 5.74) is 1.93. The summed E-state index contributed by atoms with van der Waals surface area (Å²) in [5.74, 6) is 1.06. The molecule has 0 radical (unpaired) electrons. The molecular weight excluding hydrogens is 445 g/mol. The third-order valence-electron chi connectivity index (χ3n) is 5.88. The maximum absolute atomic E-state index is 13.5. The number of nitrogens with zero attached hydrogens (tertiary/aromatic N) is 7. The molecule has 0 atom stereocenters. The van der Waals surface area contributed by atoms with E-state index in [1.54, 1.807) is 54.0 Å². The largest absolute Gasteiger partial charge is 0.353 e. The fraction of sp³-hybridized carbons (Fsp3) is 0.192.